The zero-order valence-corrected chi connectivity index (χ0v) is 21.4. The van der Waals surface area contributed by atoms with Crippen molar-refractivity contribution in [1.29, 1.82) is 0 Å². The van der Waals surface area contributed by atoms with Gasteiger partial charge in [0.15, 0.2) is 17.5 Å². The molecule has 188 valence electrons. The Hall–Kier alpha value is -4.44. The Kier molecular flexibility index (Phi) is 7.69. The van der Waals surface area contributed by atoms with Crippen molar-refractivity contribution >= 4 is 11.6 Å². The summed E-state index contributed by atoms with van der Waals surface area (Å²) in [5.74, 6) is 0.245. The van der Waals surface area contributed by atoms with Crippen LogP contribution in [-0.2, 0) is 11.6 Å². The molecule has 0 unspecified atom stereocenters. The number of hydrogen-bond donors (Lipinski definition) is 0. The van der Waals surface area contributed by atoms with Crippen molar-refractivity contribution in [3.05, 3.63) is 90.0 Å². The van der Waals surface area contributed by atoms with Crippen LogP contribution in [0.2, 0.25) is 0 Å². The third-order valence-electron chi connectivity index (χ3n) is 5.57. The van der Waals surface area contributed by atoms with Crippen LogP contribution in [0, 0.1) is 26.6 Å². The largest absolute Gasteiger partial charge is 0.479 e. The van der Waals surface area contributed by atoms with Crippen molar-refractivity contribution in [3.63, 3.8) is 0 Å². The van der Waals surface area contributed by atoms with Crippen LogP contribution in [-0.4, -0.2) is 35.3 Å². The van der Waals surface area contributed by atoms with Crippen LogP contribution in [0.1, 0.15) is 17.1 Å². The molecule has 0 bridgehead atoms. The van der Waals surface area contributed by atoms with Gasteiger partial charge in [0.25, 0.3) is 0 Å². The van der Waals surface area contributed by atoms with E-state index < -0.39 is 17.4 Å². The third kappa shape index (κ3) is 5.54. The van der Waals surface area contributed by atoms with Crippen LogP contribution in [0.4, 0.5) is 4.39 Å². The summed E-state index contributed by atoms with van der Waals surface area (Å²) in [6.07, 6.45) is 3.43. The molecule has 8 nitrogen and oxygen atoms in total. The molecule has 0 saturated heterocycles. The van der Waals surface area contributed by atoms with E-state index in [1.54, 1.807) is 6.92 Å². The maximum absolute atomic E-state index is 14.5. The van der Waals surface area contributed by atoms with Crippen molar-refractivity contribution in [3.8, 4) is 45.3 Å². The Balaban J connectivity index is 0.00000102. The second-order valence-electron chi connectivity index (χ2n) is 8.20. The summed E-state index contributed by atoms with van der Waals surface area (Å²) in [4.78, 5) is 8.76. The molecule has 0 aliphatic heterocycles. The summed E-state index contributed by atoms with van der Waals surface area (Å²) in [6.45, 7) is 5.77. The first kappa shape index (κ1) is 25.6. The minimum atomic E-state index is -0.750. The molecule has 0 radical (unpaired) electrons. The second kappa shape index (κ2) is 11.1. The first-order valence-corrected chi connectivity index (χ1v) is 11.8. The van der Waals surface area contributed by atoms with Crippen LogP contribution < -0.4 is 4.74 Å². The van der Waals surface area contributed by atoms with Gasteiger partial charge in [-0.2, -0.15) is 13.5 Å². The molecule has 3 aromatic heterocycles. The van der Waals surface area contributed by atoms with E-state index in [2.05, 4.69) is 52.3 Å². The van der Waals surface area contributed by atoms with Gasteiger partial charge in [-0.25, -0.2) is 19.0 Å². The number of rotatable bonds is 5. The lowest BCUT2D eigenvalue weighted by molar-refractivity contribution is 0.369. The van der Waals surface area contributed by atoms with E-state index in [-0.39, 0.29) is 5.88 Å². The smallest absolute Gasteiger partial charge is 0.335 e. The number of benzene rings is 2. The number of hydrogen-bond acceptors (Lipinski definition) is 7. The summed E-state index contributed by atoms with van der Waals surface area (Å²) in [5.41, 5.74) is 6.88. The van der Waals surface area contributed by atoms with Crippen molar-refractivity contribution in [1.82, 2.24) is 19.7 Å². The molecular weight excluding hydrogens is 495 g/mol. The summed E-state index contributed by atoms with van der Waals surface area (Å²) >= 11 is -0.750. The highest BCUT2D eigenvalue weighted by Gasteiger charge is 2.21. The number of nitrogens with zero attached hydrogens (tertiary/aromatic N) is 4. The molecule has 2 aromatic carbocycles. The quantitative estimate of drug-likeness (QED) is 0.296. The fourth-order valence-corrected chi connectivity index (χ4v) is 3.98. The molecule has 5 aromatic rings. The molecule has 0 fully saturated rings. The Bertz CT molecular complexity index is 1610. The number of halogens is 1. The zero-order chi connectivity index (χ0) is 26.5. The third-order valence-corrected chi connectivity index (χ3v) is 5.57. The summed E-state index contributed by atoms with van der Waals surface area (Å²) < 4.78 is 43.8. The Morgan fingerprint density at radius 1 is 0.973 bits per heavy atom. The van der Waals surface area contributed by atoms with Gasteiger partial charge < -0.3 is 9.15 Å². The first-order chi connectivity index (χ1) is 17.8. The van der Waals surface area contributed by atoms with Crippen LogP contribution >= 0.6 is 0 Å². The van der Waals surface area contributed by atoms with Crippen LogP contribution in [0.15, 0.2) is 71.4 Å². The second-order valence-corrected chi connectivity index (χ2v) is 8.33. The SMILES string of the molecule is COc1ncc(-c2oc(C)nc2-c2cc(-c3cccc(C)c3)ccc2-n2ccc(C)n2)cc1F.O=S=O. The molecule has 0 aliphatic rings. The lowest BCUT2D eigenvalue weighted by atomic mass is 9.97. The fourth-order valence-electron chi connectivity index (χ4n) is 3.98. The Morgan fingerprint density at radius 3 is 2.38 bits per heavy atom. The maximum Gasteiger partial charge on any atom is 0.335 e. The normalized spacial score (nSPS) is 10.5. The fraction of sp³-hybridized carbons (Fsp3) is 0.148. The van der Waals surface area contributed by atoms with Gasteiger partial charge in [0, 0.05) is 30.4 Å². The monoisotopic (exact) mass is 518 g/mol. The highest BCUT2D eigenvalue weighted by Crippen LogP contribution is 2.38. The molecule has 0 aliphatic carbocycles. The Morgan fingerprint density at radius 2 is 1.73 bits per heavy atom. The molecule has 0 spiro atoms. The predicted molar refractivity (Wildman–Crippen MR) is 137 cm³/mol. The molecule has 0 saturated carbocycles. The number of ether oxygens (including phenoxy) is 1. The van der Waals surface area contributed by atoms with Gasteiger partial charge in [-0.05, 0) is 49.2 Å². The van der Waals surface area contributed by atoms with Crippen LogP contribution in [0.25, 0.3) is 39.4 Å². The van der Waals surface area contributed by atoms with Crippen LogP contribution in [0.5, 0.6) is 5.88 Å². The molecule has 0 N–H and O–H groups in total. The molecule has 0 amide bonds. The topological polar surface area (TPSA) is 100 Å². The summed E-state index contributed by atoms with van der Waals surface area (Å²) in [6, 6.07) is 17.7. The zero-order valence-electron chi connectivity index (χ0n) is 20.6. The molecule has 5 rings (SSSR count). The number of methoxy groups -OCH3 is 1. The van der Waals surface area contributed by atoms with Gasteiger partial charge in [0.1, 0.15) is 5.69 Å². The Labute approximate surface area is 216 Å². The molecule has 3 heterocycles. The maximum atomic E-state index is 14.5. The van der Waals surface area contributed by atoms with E-state index in [9.17, 15) is 4.39 Å². The lowest BCUT2D eigenvalue weighted by Crippen LogP contribution is -2.00. The van der Waals surface area contributed by atoms with E-state index in [0.29, 0.717) is 22.9 Å². The highest BCUT2D eigenvalue weighted by molar-refractivity contribution is 7.51. The summed E-state index contributed by atoms with van der Waals surface area (Å²) in [5, 5.41) is 4.60. The van der Waals surface area contributed by atoms with E-state index in [4.69, 9.17) is 17.6 Å². The van der Waals surface area contributed by atoms with E-state index in [1.807, 2.05) is 36.0 Å². The average Bonchev–Trinajstić information content (AvgIpc) is 3.49. The number of aryl methyl sites for hydroxylation is 3. The lowest BCUT2D eigenvalue weighted by Gasteiger charge is -2.12. The number of oxazole rings is 1. The van der Waals surface area contributed by atoms with Gasteiger partial charge >= 0.3 is 11.6 Å². The number of pyridine rings is 1. The van der Waals surface area contributed by atoms with Gasteiger partial charge in [0.05, 0.1) is 18.5 Å². The molecule has 10 heteroatoms. The minimum Gasteiger partial charge on any atom is -0.479 e. The summed E-state index contributed by atoms with van der Waals surface area (Å²) in [7, 11) is 1.38. The highest BCUT2D eigenvalue weighted by atomic mass is 32.1. The van der Waals surface area contributed by atoms with Gasteiger partial charge in [0.2, 0.25) is 5.88 Å². The van der Waals surface area contributed by atoms with Crippen molar-refractivity contribution < 1.29 is 22.0 Å². The van der Waals surface area contributed by atoms with Crippen LogP contribution in [0.3, 0.4) is 0 Å². The average molecular weight is 519 g/mol. The molecular formula is C27H23FN4O4S. The molecule has 37 heavy (non-hydrogen) atoms. The van der Waals surface area contributed by atoms with Gasteiger partial charge in [-0.1, -0.05) is 35.9 Å². The van der Waals surface area contributed by atoms with Crippen molar-refractivity contribution in [2.75, 3.05) is 7.11 Å². The standard InChI is InChI=1S/C27H23FN4O2.O2S/c1-16-6-5-7-19(12-16)20-8-9-24(32-11-10-17(2)31-32)22(13-20)25-26(34-18(3)30-25)21-14-23(28)27(33-4)29-15-21;1-3-2/h5-15H,1-4H3;. The van der Waals surface area contributed by atoms with Crippen molar-refractivity contribution in [2.24, 2.45) is 0 Å². The first-order valence-electron chi connectivity index (χ1n) is 11.2. The minimum absolute atomic E-state index is 0.0734. The van der Waals surface area contributed by atoms with Crippen molar-refractivity contribution in [2.45, 2.75) is 20.8 Å². The van der Waals surface area contributed by atoms with E-state index >= 15 is 0 Å². The predicted octanol–water partition coefficient (Wildman–Crippen LogP) is 5.66. The molecule has 0 atom stereocenters. The van der Waals surface area contributed by atoms with E-state index in [1.165, 1.54) is 24.9 Å². The van der Waals surface area contributed by atoms with Gasteiger partial charge in [-0.3, -0.25) is 0 Å². The van der Waals surface area contributed by atoms with E-state index in [0.717, 1.165) is 28.1 Å². The number of aromatic nitrogens is 4. The van der Waals surface area contributed by atoms with Gasteiger partial charge in [-0.15, -0.1) is 0 Å².